The highest BCUT2D eigenvalue weighted by atomic mass is 16.7. The summed E-state index contributed by atoms with van der Waals surface area (Å²) in [6.07, 6.45) is 3.28. The second-order valence-corrected chi connectivity index (χ2v) is 8.81. The Labute approximate surface area is 177 Å². The molecule has 2 atom stereocenters. The van der Waals surface area contributed by atoms with Gasteiger partial charge in [-0.05, 0) is 43.9 Å². The van der Waals surface area contributed by atoms with Gasteiger partial charge in [0.05, 0.1) is 0 Å². The first-order valence-corrected chi connectivity index (χ1v) is 10.5. The van der Waals surface area contributed by atoms with E-state index in [1.807, 2.05) is 13.0 Å². The number of ether oxygens (including phenoxy) is 2. The summed E-state index contributed by atoms with van der Waals surface area (Å²) in [5, 5.41) is 5.62. The van der Waals surface area contributed by atoms with E-state index in [9.17, 15) is 14.4 Å². The third kappa shape index (κ3) is 5.04. The number of nitrogens with one attached hydrogen (secondary N) is 2. The van der Waals surface area contributed by atoms with Crippen LogP contribution in [0, 0.1) is 5.92 Å². The summed E-state index contributed by atoms with van der Waals surface area (Å²) in [5.41, 5.74) is -0.283. The summed E-state index contributed by atoms with van der Waals surface area (Å²) in [5.74, 6) is 1.17. The standard InChI is InChI=1S/C22H31N3O5/c1-14(2)6-5-7-15(3)23-19(26)12-25-20(27)22(4,24-21(25)28)11-16-8-9-17-18(10-16)30-13-29-17/h8-10,14-15H,5-7,11-13H2,1-4H3,(H,23,26)(H,24,28)/t15-,22-/m0/s1. The lowest BCUT2D eigenvalue weighted by Gasteiger charge is -2.22. The van der Waals surface area contributed by atoms with Crippen molar-refractivity contribution < 1.29 is 23.9 Å². The largest absolute Gasteiger partial charge is 0.454 e. The van der Waals surface area contributed by atoms with Crippen LogP contribution in [0.2, 0.25) is 0 Å². The van der Waals surface area contributed by atoms with Crippen LogP contribution in [0.3, 0.4) is 0 Å². The average Bonchev–Trinajstić information content (AvgIpc) is 3.19. The summed E-state index contributed by atoms with van der Waals surface area (Å²) in [4.78, 5) is 38.7. The molecule has 8 heteroatoms. The maximum Gasteiger partial charge on any atom is 0.325 e. The molecule has 30 heavy (non-hydrogen) atoms. The molecule has 0 bridgehead atoms. The Kier molecular flexibility index (Phi) is 6.53. The highest BCUT2D eigenvalue weighted by Gasteiger charge is 2.48. The minimum Gasteiger partial charge on any atom is -0.454 e. The van der Waals surface area contributed by atoms with E-state index in [1.54, 1.807) is 19.1 Å². The van der Waals surface area contributed by atoms with Gasteiger partial charge in [-0.1, -0.05) is 32.8 Å². The van der Waals surface area contributed by atoms with Gasteiger partial charge >= 0.3 is 6.03 Å². The van der Waals surface area contributed by atoms with Crippen molar-refractivity contribution in [1.29, 1.82) is 0 Å². The normalized spacial score (nSPS) is 21.2. The van der Waals surface area contributed by atoms with E-state index >= 15 is 0 Å². The van der Waals surface area contributed by atoms with Crippen molar-refractivity contribution in [3.63, 3.8) is 0 Å². The Bertz CT molecular complexity index is 825. The fourth-order valence-electron chi connectivity index (χ4n) is 3.84. The number of carbonyl (C=O) groups excluding carboxylic acids is 3. The summed E-state index contributed by atoms with van der Waals surface area (Å²) in [7, 11) is 0. The molecule has 0 aliphatic carbocycles. The van der Waals surface area contributed by atoms with Gasteiger partial charge in [0.1, 0.15) is 12.1 Å². The molecule has 4 amide bonds. The van der Waals surface area contributed by atoms with E-state index in [4.69, 9.17) is 9.47 Å². The third-order valence-electron chi connectivity index (χ3n) is 5.47. The molecule has 2 aliphatic rings. The minimum atomic E-state index is -1.12. The van der Waals surface area contributed by atoms with Crippen molar-refractivity contribution in [1.82, 2.24) is 15.5 Å². The number of rotatable bonds is 9. The van der Waals surface area contributed by atoms with Crippen molar-refractivity contribution in [3.8, 4) is 11.5 Å². The quantitative estimate of drug-likeness (QED) is 0.602. The lowest BCUT2D eigenvalue weighted by molar-refractivity contribution is -0.134. The van der Waals surface area contributed by atoms with Crippen LogP contribution in [0.4, 0.5) is 4.79 Å². The number of hydrogen-bond acceptors (Lipinski definition) is 5. The van der Waals surface area contributed by atoms with E-state index in [0.717, 1.165) is 29.7 Å². The predicted molar refractivity (Wildman–Crippen MR) is 111 cm³/mol. The fraction of sp³-hybridized carbons (Fsp3) is 0.591. The van der Waals surface area contributed by atoms with E-state index in [2.05, 4.69) is 24.5 Å². The van der Waals surface area contributed by atoms with Crippen LogP contribution in [0.15, 0.2) is 18.2 Å². The molecule has 0 radical (unpaired) electrons. The maximum atomic E-state index is 13.0. The first-order chi connectivity index (χ1) is 14.2. The van der Waals surface area contributed by atoms with Gasteiger partial charge in [0.2, 0.25) is 12.7 Å². The Morgan fingerprint density at radius 1 is 1.20 bits per heavy atom. The van der Waals surface area contributed by atoms with Crippen molar-refractivity contribution in [2.45, 2.75) is 65.0 Å². The van der Waals surface area contributed by atoms with Crippen LogP contribution in [0.1, 0.15) is 52.5 Å². The minimum absolute atomic E-state index is 0.00275. The van der Waals surface area contributed by atoms with Crippen LogP contribution in [0.25, 0.3) is 0 Å². The molecular formula is C22H31N3O5. The van der Waals surface area contributed by atoms with Crippen molar-refractivity contribution >= 4 is 17.8 Å². The lowest BCUT2D eigenvalue weighted by atomic mass is 9.92. The molecule has 8 nitrogen and oxygen atoms in total. The molecule has 0 spiro atoms. The van der Waals surface area contributed by atoms with E-state index in [-0.39, 0.29) is 31.7 Å². The molecule has 1 aromatic rings. The Hall–Kier alpha value is -2.77. The zero-order valence-electron chi connectivity index (χ0n) is 18.1. The van der Waals surface area contributed by atoms with Gasteiger partial charge in [-0.15, -0.1) is 0 Å². The average molecular weight is 418 g/mol. The van der Waals surface area contributed by atoms with Gasteiger partial charge in [0.25, 0.3) is 5.91 Å². The monoisotopic (exact) mass is 417 g/mol. The third-order valence-corrected chi connectivity index (χ3v) is 5.47. The SMILES string of the molecule is CC(C)CCC[C@H](C)NC(=O)CN1C(=O)N[C@@](C)(Cc2ccc3c(c2)OCO3)C1=O. The first kappa shape index (κ1) is 21.9. The molecule has 2 N–H and O–H groups in total. The molecule has 0 aromatic heterocycles. The number of amides is 4. The number of imide groups is 1. The number of fused-ring (bicyclic) bond motifs is 1. The Balaban J connectivity index is 1.56. The van der Waals surface area contributed by atoms with Gasteiger partial charge in [-0.2, -0.15) is 0 Å². The van der Waals surface area contributed by atoms with Crippen LogP contribution in [0.5, 0.6) is 11.5 Å². The Morgan fingerprint density at radius 3 is 2.67 bits per heavy atom. The predicted octanol–water partition coefficient (Wildman–Crippen LogP) is 2.60. The highest BCUT2D eigenvalue weighted by molar-refractivity contribution is 6.08. The van der Waals surface area contributed by atoms with E-state index < -0.39 is 17.5 Å². The summed E-state index contributed by atoms with van der Waals surface area (Å²) < 4.78 is 10.7. The summed E-state index contributed by atoms with van der Waals surface area (Å²) in [6, 6.07) is 4.88. The van der Waals surface area contributed by atoms with Gasteiger partial charge < -0.3 is 20.1 Å². The second-order valence-electron chi connectivity index (χ2n) is 8.81. The second kappa shape index (κ2) is 8.93. The zero-order valence-corrected chi connectivity index (χ0v) is 18.1. The van der Waals surface area contributed by atoms with Crippen molar-refractivity contribution in [2.24, 2.45) is 5.92 Å². The molecule has 1 saturated heterocycles. The van der Waals surface area contributed by atoms with Crippen LogP contribution < -0.4 is 20.1 Å². The molecule has 3 rings (SSSR count). The Morgan fingerprint density at radius 2 is 1.93 bits per heavy atom. The molecule has 1 aromatic carbocycles. The van der Waals surface area contributed by atoms with Crippen LogP contribution in [-0.4, -0.2) is 47.7 Å². The number of benzene rings is 1. The maximum absolute atomic E-state index is 13.0. The van der Waals surface area contributed by atoms with Gasteiger partial charge in [-0.25, -0.2) is 4.79 Å². The molecule has 1 fully saturated rings. The van der Waals surface area contributed by atoms with Crippen molar-refractivity contribution in [3.05, 3.63) is 23.8 Å². The first-order valence-electron chi connectivity index (χ1n) is 10.5. The number of nitrogens with zero attached hydrogens (tertiary/aromatic N) is 1. The molecular weight excluding hydrogens is 386 g/mol. The topological polar surface area (TPSA) is 97.0 Å². The lowest BCUT2D eigenvalue weighted by Crippen LogP contribution is -2.47. The molecule has 2 aliphatic heterocycles. The number of hydrogen-bond donors (Lipinski definition) is 2. The van der Waals surface area contributed by atoms with E-state index in [0.29, 0.717) is 17.4 Å². The molecule has 164 valence electrons. The van der Waals surface area contributed by atoms with Crippen LogP contribution in [-0.2, 0) is 16.0 Å². The van der Waals surface area contributed by atoms with E-state index in [1.165, 1.54) is 0 Å². The molecule has 2 heterocycles. The molecule has 0 unspecified atom stereocenters. The van der Waals surface area contributed by atoms with Gasteiger partial charge in [0.15, 0.2) is 11.5 Å². The van der Waals surface area contributed by atoms with Gasteiger partial charge in [0, 0.05) is 12.5 Å². The van der Waals surface area contributed by atoms with Crippen LogP contribution >= 0.6 is 0 Å². The summed E-state index contributed by atoms with van der Waals surface area (Å²) in [6.45, 7) is 7.83. The highest BCUT2D eigenvalue weighted by Crippen LogP contribution is 2.34. The number of carbonyl (C=O) groups is 3. The summed E-state index contributed by atoms with van der Waals surface area (Å²) >= 11 is 0. The molecule has 0 saturated carbocycles. The van der Waals surface area contributed by atoms with Gasteiger partial charge in [-0.3, -0.25) is 14.5 Å². The zero-order chi connectivity index (χ0) is 21.9. The van der Waals surface area contributed by atoms with Crippen molar-refractivity contribution in [2.75, 3.05) is 13.3 Å². The smallest absolute Gasteiger partial charge is 0.325 e. The number of urea groups is 1. The fourth-order valence-corrected chi connectivity index (χ4v) is 3.84.